The highest BCUT2D eigenvalue weighted by Gasteiger charge is 2.35. The Morgan fingerprint density at radius 1 is 0.659 bits per heavy atom. The topological polar surface area (TPSA) is 55.8 Å². The van der Waals surface area contributed by atoms with Crippen molar-refractivity contribution < 1.29 is 19.1 Å². The van der Waals surface area contributed by atoms with Crippen LogP contribution in [0.4, 0.5) is 17.1 Å². The van der Waals surface area contributed by atoms with Gasteiger partial charge in [0.2, 0.25) is 0 Å². The molecule has 1 aliphatic rings. The average molecular weight is 586 g/mol. The number of anilines is 3. The van der Waals surface area contributed by atoms with Crippen LogP contribution in [0.5, 0.6) is 0 Å². The molecule has 0 aliphatic heterocycles. The van der Waals surface area contributed by atoms with E-state index in [1.165, 1.54) is 45.5 Å². The van der Waals surface area contributed by atoms with Crippen LogP contribution in [0.15, 0.2) is 116 Å². The summed E-state index contributed by atoms with van der Waals surface area (Å²) < 4.78 is 10.3. The average Bonchev–Trinajstić information content (AvgIpc) is 3.28. The van der Waals surface area contributed by atoms with Gasteiger partial charge < -0.3 is 14.4 Å². The number of esters is 2. The zero-order chi connectivity index (χ0) is 31.1. The van der Waals surface area contributed by atoms with Crippen LogP contribution in [0.2, 0.25) is 0 Å². The van der Waals surface area contributed by atoms with Crippen molar-refractivity contribution >= 4 is 29.0 Å². The fourth-order valence-electron chi connectivity index (χ4n) is 5.92. The maximum absolute atomic E-state index is 11.3. The van der Waals surface area contributed by atoms with Crippen molar-refractivity contribution in [2.24, 2.45) is 0 Å². The van der Waals surface area contributed by atoms with Crippen molar-refractivity contribution in [2.45, 2.75) is 44.9 Å². The maximum Gasteiger partial charge on any atom is 0.330 e. The van der Waals surface area contributed by atoms with Crippen LogP contribution in [-0.4, -0.2) is 25.2 Å². The molecule has 0 bridgehead atoms. The SMILES string of the molecule is C=CC(=O)OCCCc1ccc(N(c2ccc(CCCOC(=O)C=C)cc2)c2ccc3c(c2)C(C)(C)c2ccccc2-3)cc1. The Balaban J connectivity index is 1.42. The number of carbonyl (C=O) groups is 2. The van der Waals surface area contributed by atoms with Gasteiger partial charge in [-0.1, -0.05) is 81.6 Å². The number of aryl methyl sites for hydroxylation is 2. The van der Waals surface area contributed by atoms with Crippen LogP contribution in [-0.2, 0) is 37.3 Å². The molecule has 0 atom stereocenters. The van der Waals surface area contributed by atoms with Gasteiger partial charge in [-0.25, -0.2) is 9.59 Å². The first-order valence-electron chi connectivity index (χ1n) is 15.1. The minimum atomic E-state index is -0.390. The third-order valence-corrected chi connectivity index (χ3v) is 8.26. The number of fused-ring (bicyclic) bond motifs is 3. The van der Waals surface area contributed by atoms with Crippen LogP contribution in [0.25, 0.3) is 11.1 Å². The standard InChI is InChI=1S/C39H39NO4/c1-5-37(41)43-25-9-11-28-15-19-30(20-16-28)40(31-21-17-29(18-22-31)12-10-26-44-38(42)6-2)32-23-24-34-33-13-7-8-14-35(33)39(3,4)36(34)27-32/h5-8,13-24,27H,1-2,9-12,25-26H2,3-4H3. The third kappa shape index (κ3) is 6.68. The molecule has 0 N–H and O–H groups in total. The molecule has 4 aromatic carbocycles. The summed E-state index contributed by atoms with van der Waals surface area (Å²) in [6.07, 6.45) is 5.50. The van der Waals surface area contributed by atoms with Gasteiger partial charge in [-0.3, -0.25) is 0 Å². The van der Waals surface area contributed by atoms with Gasteiger partial charge in [0.05, 0.1) is 13.2 Å². The molecule has 0 aromatic heterocycles. The van der Waals surface area contributed by atoms with Crippen LogP contribution in [0.1, 0.15) is 48.9 Å². The van der Waals surface area contributed by atoms with Crippen LogP contribution in [0, 0.1) is 0 Å². The Morgan fingerprint density at radius 3 is 1.66 bits per heavy atom. The number of rotatable bonds is 13. The number of benzene rings is 4. The lowest BCUT2D eigenvalue weighted by molar-refractivity contribution is -0.138. The smallest absolute Gasteiger partial charge is 0.330 e. The van der Waals surface area contributed by atoms with Crippen LogP contribution >= 0.6 is 0 Å². The normalized spacial score (nSPS) is 12.5. The van der Waals surface area contributed by atoms with E-state index in [0.29, 0.717) is 13.2 Å². The highest BCUT2D eigenvalue weighted by Crippen LogP contribution is 2.50. The summed E-state index contributed by atoms with van der Waals surface area (Å²) in [5.41, 5.74) is 10.7. The largest absolute Gasteiger partial charge is 0.463 e. The number of hydrogen-bond acceptors (Lipinski definition) is 5. The predicted octanol–water partition coefficient (Wildman–Crippen LogP) is 8.79. The minimum absolute atomic E-state index is 0.106. The fourth-order valence-corrected chi connectivity index (χ4v) is 5.92. The second-order valence-electron chi connectivity index (χ2n) is 11.5. The molecule has 5 nitrogen and oxygen atoms in total. The number of ether oxygens (including phenoxy) is 2. The van der Waals surface area contributed by atoms with E-state index in [1.54, 1.807) is 0 Å². The second-order valence-corrected chi connectivity index (χ2v) is 11.5. The molecule has 0 heterocycles. The summed E-state index contributed by atoms with van der Waals surface area (Å²) in [6.45, 7) is 12.2. The van der Waals surface area contributed by atoms with Crippen molar-refractivity contribution in [1.82, 2.24) is 0 Å². The van der Waals surface area contributed by atoms with Crippen LogP contribution in [0.3, 0.4) is 0 Å². The molecule has 5 heteroatoms. The summed E-state index contributed by atoms with van der Waals surface area (Å²) in [7, 11) is 0. The van der Waals surface area contributed by atoms with Gasteiger partial charge in [-0.15, -0.1) is 0 Å². The van der Waals surface area contributed by atoms with E-state index in [9.17, 15) is 9.59 Å². The van der Waals surface area contributed by atoms with Gasteiger partial charge in [-0.2, -0.15) is 0 Å². The molecule has 1 aliphatic carbocycles. The fraction of sp³-hybridized carbons (Fsp3) is 0.231. The van der Waals surface area contributed by atoms with Crippen molar-refractivity contribution in [2.75, 3.05) is 18.1 Å². The zero-order valence-electron chi connectivity index (χ0n) is 25.6. The van der Waals surface area contributed by atoms with E-state index in [2.05, 4.69) is 123 Å². The van der Waals surface area contributed by atoms with E-state index in [4.69, 9.17) is 9.47 Å². The first-order chi connectivity index (χ1) is 21.3. The number of nitrogens with zero attached hydrogens (tertiary/aromatic N) is 1. The molecule has 0 fully saturated rings. The summed E-state index contributed by atoms with van der Waals surface area (Å²) in [5.74, 6) is -0.780. The molecule has 0 spiro atoms. The highest BCUT2D eigenvalue weighted by atomic mass is 16.5. The van der Waals surface area contributed by atoms with Gasteiger partial charge in [0, 0.05) is 34.6 Å². The van der Waals surface area contributed by atoms with Gasteiger partial charge in [0.1, 0.15) is 0 Å². The minimum Gasteiger partial charge on any atom is -0.463 e. The van der Waals surface area contributed by atoms with E-state index in [1.807, 2.05) is 0 Å². The molecule has 0 radical (unpaired) electrons. The molecule has 44 heavy (non-hydrogen) atoms. The predicted molar refractivity (Wildman–Crippen MR) is 178 cm³/mol. The van der Waals surface area contributed by atoms with Gasteiger partial charge in [-0.05, 0) is 95.5 Å². The lowest BCUT2D eigenvalue weighted by Crippen LogP contribution is -2.16. The van der Waals surface area contributed by atoms with E-state index < -0.39 is 11.9 Å². The lowest BCUT2D eigenvalue weighted by Gasteiger charge is -2.28. The van der Waals surface area contributed by atoms with Crippen molar-refractivity contribution in [3.05, 3.63) is 139 Å². The summed E-state index contributed by atoms with van der Waals surface area (Å²) in [5, 5.41) is 0. The lowest BCUT2D eigenvalue weighted by atomic mass is 9.82. The first-order valence-corrected chi connectivity index (χ1v) is 15.1. The van der Waals surface area contributed by atoms with E-state index in [-0.39, 0.29) is 5.41 Å². The Kier molecular flexibility index (Phi) is 9.44. The third-order valence-electron chi connectivity index (χ3n) is 8.26. The quantitative estimate of drug-likeness (QED) is 0.0892. The maximum atomic E-state index is 11.3. The Morgan fingerprint density at radius 2 is 1.14 bits per heavy atom. The Hall–Kier alpha value is -4.90. The van der Waals surface area contributed by atoms with Crippen molar-refractivity contribution in [1.29, 1.82) is 0 Å². The van der Waals surface area contributed by atoms with E-state index in [0.717, 1.165) is 42.7 Å². The molecular formula is C39H39NO4. The Bertz CT molecular complexity index is 1580. The van der Waals surface area contributed by atoms with Gasteiger partial charge >= 0.3 is 11.9 Å². The summed E-state index contributed by atoms with van der Waals surface area (Å²) in [4.78, 5) is 25.0. The highest BCUT2D eigenvalue weighted by molar-refractivity contribution is 5.85. The summed E-state index contributed by atoms with van der Waals surface area (Å²) >= 11 is 0. The van der Waals surface area contributed by atoms with Crippen molar-refractivity contribution in [3.63, 3.8) is 0 Å². The molecular weight excluding hydrogens is 546 g/mol. The number of carbonyl (C=O) groups excluding carboxylic acids is 2. The molecule has 0 amide bonds. The molecule has 0 saturated heterocycles. The molecule has 0 unspecified atom stereocenters. The van der Waals surface area contributed by atoms with Gasteiger partial charge in [0.25, 0.3) is 0 Å². The molecule has 224 valence electrons. The monoisotopic (exact) mass is 585 g/mol. The molecule has 5 rings (SSSR count). The van der Waals surface area contributed by atoms with E-state index >= 15 is 0 Å². The van der Waals surface area contributed by atoms with Crippen molar-refractivity contribution in [3.8, 4) is 11.1 Å². The Labute approximate surface area is 260 Å². The summed E-state index contributed by atoms with van der Waals surface area (Å²) in [6, 6.07) is 32.7. The second kappa shape index (κ2) is 13.6. The molecule has 0 saturated carbocycles. The molecule has 4 aromatic rings. The number of hydrogen-bond donors (Lipinski definition) is 0. The first kappa shape index (κ1) is 30.6. The van der Waals surface area contributed by atoms with Gasteiger partial charge in [0.15, 0.2) is 0 Å². The zero-order valence-corrected chi connectivity index (χ0v) is 25.6. The van der Waals surface area contributed by atoms with Crippen LogP contribution < -0.4 is 4.90 Å².